The lowest BCUT2D eigenvalue weighted by Crippen LogP contribution is -2.26. The Morgan fingerprint density at radius 2 is 1.88 bits per heavy atom. The fourth-order valence-electron chi connectivity index (χ4n) is 1.22. The third-order valence-corrected chi connectivity index (χ3v) is 3.24. The molecule has 1 N–H and O–H groups in total. The maximum atomic E-state index is 11.4. The summed E-state index contributed by atoms with van der Waals surface area (Å²) in [5, 5.41) is 2.58. The van der Waals surface area contributed by atoms with E-state index in [1.54, 1.807) is 24.3 Å². The summed E-state index contributed by atoms with van der Waals surface area (Å²) in [6, 6.07) is 6.72. The molecule has 1 aromatic rings. The van der Waals surface area contributed by atoms with E-state index >= 15 is 0 Å². The van der Waals surface area contributed by atoms with Crippen LogP contribution in [0.15, 0.2) is 24.3 Å². The number of hydrogen-bond acceptors (Lipinski definition) is 3. The summed E-state index contributed by atoms with van der Waals surface area (Å²) < 4.78 is 23.9. The predicted octanol–water partition coefficient (Wildman–Crippen LogP) is 1.04. The maximum Gasteiger partial charge on any atom is 0.232 e. The summed E-state index contributed by atoms with van der Waals surface area (Å²) in [6.45, 7) is 1.37. The maximum absolute atomic E-state index is 11.4. The quantitative estimate of drug-likeness (QED) is 0.861. The topological polar surface area (TPSA) is 66.5 Å². The van der Waals surface area contributed by atoms with Gasteiger partial charge in [-0.2, -0.15) is 0 Å². The second kappa shape index (κ2) is 4.52. The first kappa shape index (κ1) is 12.5. The molecule has 5 nitrogen and oxygen atoms in total. The van der Waals surface area contributed by atoms with E-state index in [-0.39, 0.29) is 5.91 Å². The van der Waals surface area contributed by atoms with Crippen molar-refractivity contribution in [3.63, 3.8) is 0 Å². The lowest BCUT2D eigenvalue weighted by atomic mass is 10.2. The van der Waals surface area contributed by atoms with E-state index in [9.17, 15) is 13.2 Å². The van der Waals surface area contributed by atoms with Gasteiger partial charge in [-0.05, 0) is 12.1 Å². The van der Waals surface area contributed by atoms with Crippen LogP contribution in [0.5, 0.6) is 0 Å². The highest BCUT2D eigenvalue weighted by Gasteiger charge is 2.15. The van der Waals surface area contributed by atoms with E-state index in [2.05, 4.69) is 5.32 Å². The van der Waals surface area contributed by atoms with Crippen LogP contribution in [0.1, 0.15) is 6.92 Å². The number of para-hydroxylation sites is 2. The standard InChI is InChI=1S/C10H14N2O3S/c1-8(13)11-9-6-4-5-7-10(9)12(2)16(3,14)15/h4-7H,1-3H3,(H,11,13). The Morgan fingerprint density at radius 3 is 2.38 bits per heavy atom. The minimum Gasteiger partial charge on any atom is -0.325 e. The summed E-state index contributed by atoms with van der Waals surface area (Å²) >= 11 is 0. The number of rotatable bonds is 3. The molecule has 1 aromatic carbocycles. The Balaban J connectivity index is 3.18. The summed E-state index contributed by atoms with van der Waals surface area (Å²) in [6.07, 6.45) is 1.11. The third-order valence-electron chi connectivity index (χ3n) is 2.05. The van der Waals surface area contributed by atoms with Crippen LogP contribution >= 0.6 is 0 Å². The fourth-order valence-corrected chi connectivity index (χ4v) is 1.74. The van der Waals surface area contributed by atoms with Gasteiger partial charge in [-0.3, -0.25) is 9.10 Å². The number of hydrogen-bond donors (Lipinski definition) is 1. The van der Waals surface area contributed by atoms with Gasteiger partial charge in [0.05, 0.1) is 17.6 Å². The van der Waals surface area contributed by atoms with Crippen molar-refractivity contribution in [2.45, 2.75) is 6.92 Å². The monoisotopic (exact) mass is 242 g/mol. The summed E-state index contributed by atoms with van der Waals surface area (Å²) in [5.41, 5.74) is 0.920. The predicted molar refractivity (Wildman–Crippen MR) is 64.0 cm³/mol. The van der Waals surface area contributed by atoms with Gasteiger partial charge < -0.3 is 5.32 Å². The highest BCUT2D eigenvalue weighted by molar-refractivity contribution is 7.92. The van der Waals surface area contributed by atoms with Crippen LogP contribution < -0.4 is 9.62 Å². The number of carbonyl (C=O) groups is 1. The molecular formula is C10H14N2O3S. The van der Waals surface area contributed by atoms with Gasteiger partial charge >= 0.3 is 0 Å². The van der Waals surface area contributed by atoms with Crippen LogP contribution in [-0.4, -0.2) is 27.6 Å². The molecular weight excluding hydrogens is 228 g/mol. The molecule has 16 heavy (non-hydrogen) atoms. The minimum absolute atomic E-state index is 0.241. The second-order valence-corrected chi connectivity index (χ2v) is 5.44. The number of amides is 1. The molecule has 0 atom stereocenters. The lowest BCUT2D eigenvalue weighted by Gasteiger charge is -2.19. The number of benzene rings is 1. The average molecular weight is 242 g/mol. The van der Waals surface area contributed by atoms with Gasteiger partial charge in [-0.1, -0.05) is 12.1 Å². The van der Waals surface area contributed by atoms with Crippen molar-refractivity contribution in [3.8, 4) is 0 Å². The molecule has 0 aliphatic carbocycles. The molecule has 0 saturated carbocycles. The van der Waals surface area contributed by atoms with E-state index in [4.69, 9.17) is 0 Å². The first-order valence-corrected chi connectivity index (χ1v) is 6.47. The van der Waals surface area contributed by atoms with Crippen molar-refractivity contribution in [2.75, 3.05) is 22.9 Å². The molecule has 0 bridgehead atoms. The molecule has 0 aliphatic heterocycles. The van der Waals surface area contributed by atoms with Crippen LogP contribution in [-0.2, 0) is 14.8 Å². The molecule has 0 heterocycles. The smallest absolute Gasteiger partial charge is 0.232 e. The molecule has 0 fully saturated rings. The van der Waals surface area contributed by atoms with Crippen molar-refractivity contribution in [1.29, 1.82) is 0 Å². The minimum atomic E-state index is -3.33. The van der Waals surface area contributed by atoms with Gasteiger partial charge in [0.2, 0.25) is 15.9 Å². The van der Waals surface area contributed by atoms with Crippen molar-refractivity contribution < 1.29 is 13.2 Å². The highest BCUT2D eigenvalue weighted by atomic mass is 32.2. The zero-order valence-corrected chi connectivity index (χ0v) is 10.2. The van der Waals surface area contributed by atoms with Gasteiger partial charge in [0.1, 0.15) is 0 Å². The molecule has 1 rings (SSSR count). The SMILES string of the molecule is CC(=O)Nc1ccccc1N(C)S(C)(=O)=O. The molecule has 0 unspecified atom stereocenters. The van der Waals surface area contributed by atoms with Gasteiger partial charge in [0, 0.05) is 14.0 Å². The largest absolute Gasteiger partial charge is 0.325 e. The second-order valence-electron chi connectivity index (χ2n) is 3.43. The van der Waals surface area contributed by atoms with Crippen LogP contribution in [0.3, 0.4) is 0 Å². The number of carbonyl (C=O) groups excluding carboxylic acids is 1. The van der Waals surface area contributed by atoms with Crippen LogP contribution in [0.25, 0.3) is 0 Å². The van der Waals surface area contributed by atoms with Crippen molar-refractivity contribution >= 4 is 27.3 Å². The van der Waals surface area contributed by atoms with Gasteiger partial charge in [0.15, 0.2) is 0 Å². The van der Waals surface area contributed by atoms with E-state index in [0.29, 0.717) is 11.4 Å². The Hall–Kier alpha value is -1.56. The number of anilines is 2. The molecule has 6 heteroatoms. The number of nitrogens with one attached hydrogen (secondary N) is 1. The van der Waals surface area contributed by atoms with Gasteiger partial charge in [-0.15, -0.1) is 0 Å². The molecule has 88 valence electrons. The van der Waals surface area contributed by atoms with E-state index in [0.717, 1.165) is 10.6 Å². The van der Waals surface area contributed by atoms with E-state index in [1.165, 1.54) is 14.0 Å². The summed E-state index contributed by atoms with van der Waals surface area (Å²) in [5.74, 6) is -0.241. The van der Waals surface area contributed by atoms with Crippen LogP contribution in [0.4, 0.5) is 11.4 Å². The van der Waals surface area contributed by atoms with E-state index in [1.807, 2.05) is 0 Å². The Labute approximate surface area is 95.1 Å². The molecule has 0 saturated heterocycles. The van der Waals surface area contributed by atoms with E-state index < -0.39 is 10.0 Å². The summed E-state index contributed by atoms with van der Waals surface area (Å²) in [7, 11) is -1.89. The number of sulfonamides is 1. The molecule has 0 spiro atoms. The van der Waals surface area contributed by atoms with Crippen LogP contribution in [0, 0.1) is 0 Å². The fraction of sp³-hybridized carbons (Fsp3) is 0.300. The molecule has 0 aliphatic rings. The zero-order chi connectivity index (χ0) is 12.3. The first-order valence-electron chi connectivity index (χ1n) is 4.63. The molecule has 0 radical (unpaired) electrons. The normalized spacial score (nSPS) is 10.9. The Bertz CT molecular complexity index is 497. The Kier molecular flexibility index (Phi) is 3.54. The summed E-state index contributed by atoms with van der Waals surface area (Å²) in [4.78, 5) is 11.0. The zero-order valence-electron chi connectivity index (χ0n) is 9.39. The van der Waals surface area contributed by atoms with Crippen LogP contribution in [0.2, 0.25) is 0 Å². The first-order chi connectivity index (χ1) is 7.32. The number of nitrogens with zero attached hydrogens (tertiary/aromatic N) is 1. The highest BCUT2D eigenvalue weighted by Crippen LogP contribution is 2.25. The molecule has 0 aromatic heterocycles. The van der Waals surface area contributed by atoms with Gasteiger partial charge in [-0.25, -0.2) is 8.42 Å². The third kappa shape index (κ3) is 2.96. The molecule has 1 amide bonds. The van der Waals surface area contributed by atoms with Crippen molar-refractivity contribution in [3.05, 3.63) is 24.3 Å². The average Bonchev–Trinajstić information content (AvgIpc) is 2.15. The van der Waals surface area contributed by atoms with Gasteiger partial charge in [0.25, 0.3) is 0 Å². The van der Waals surface area contributed by atoms with Crippen molar-refractivity contribution in [1.82, 2.24) is 0 Å². The lowest BCUT2D eigenvalue weighted by molar-refractivity contribution is -0.114. The van der Waals surface area contributed by atoms with Crippen molar-refractivity contribution in [2.24, 2.45) is 0 Å². The Morgan fingerprint density at radius 1 is 1.31 bits per heavy atom.